The SMILES string of the molecule is CC1Cc2ccc(C(C)CC=O)cc2C1. The fraction of sp³-hybridized carbons (Fsp3) is 0.500. The monoisotopic (exact) mass is 202 g/mol. The number of aldehydes is 1. The van der Waals surface area contributed by atoms with Crippen LogP contribution in [0.1, 0.15) is 42.9 Å². The number of rotatable bonds is 3. The van der Waals surface area contributed by atoms with Gasteiger partial charge in [-0.1, -0.05) is 32.0 Å². The standard InChI is InChI=1S/C14H18O/c1-10-7-13-4-3-12(9-14(13)8-10)11(2)5-6-15/h3-4,6,9-11H,5,7-8H2,1-2H3. The van der Waals surface area contributed by atoms with Crippen LogP contribution in [0.3, 0.4) is 0 Å². The lowest BCUT2D eigenvalue weighted by atomic mass is 9.95. The number of hydrogen-bond acceptors (Lipinski definition) is 1. The maximum atomic E-state index is 10.5. The zero-order valence-electron chi connectivity index (χ0n) is 9.49. The lowest BCUT2D eigenvalue weighted by molar-refractivity contribution is -0.108. The van der Waals surface area contributed by atoms with Crippen LogP contribution in [-0.2, 0) is 17.6 Å². The summed E-state index contributed by atoms with van der Waals surface area (Å²) >= 11 is 0. The van der Waals surface area contributed by atoms with Crippen LogP contribution in [0.15, 0.2) is 18.2 Å². The Labute approximate surface area is 91.5 Å². The van der Waals surface area contributed by atoms with Gasteiger partial charge in [-0.25, -0.2) is 0 Å². The molecule has 1 aromatic carbocycles. The van der Waals surface area contributed by atoms with Gasteiger partial charge in [0.15, 0.2) is 0 Å². The average Bonchev–Trinajstić information content (AvgIpc) is 2.57. The van der Waals surface area contributed by atoms with Gasteiger partial charge in [0.25, 0.3) is 0 Å². The second-order valence-electron chi connectivity index (χ2n) is 4.84. The summed E-state index contributed by atoms with van der Waals surface area (Å²) in [5, 5.41) is 0. The Kier molecular flexibility index (Phi) is 2.90. The molecule has 0 saturated heterocycles. The van der Waals surface area contributed by atoms with E-state index >= 15 is 0 Å². The summed E-state index contributed by atoms with van der Waals surface area (Å²) in [7, 11) is 0. The third kappa shape index (κ3) is 2.11. The van der Waals surface area contributed by atoms with Crippen molar-refractivity contribution in [3.63, 3.8) is 0 Å². The summed E-state index contributed by atoms with van der Waals surface area (Å²) in [4.78, 5) is 10.5. The molecule has 0 saturated carbocycles. The molecule has 0 spiro atoms. The predicted molar refractivity (Wildman–Crippen MR) is 62.1 cm³/mol. The van der Waals surface area contributed by atoms with E-state index in [1.54, 1.807) is 0 Å². The molecule has 0 fully saturated rings. The molecule has 1 aromatic rings. The first-order chi connectivity index (χ1) is 7.20. The van der Waals surface area contributed by atoms with Crippen LogP contribution in [-0.4, -0.2) is 6.29 Å². The van der Waals surface area contributed by atoms with Crippen molar-refractivity contribution in [2.24, 2.45) is 5.92 Å². The minimum atomic E-state index is 0.365. The normalized spacial score (nSPS) is 21.1. The molecule has 1 aliphatic carbocycles. The zero-order valence-corrected chi connectivity index (χ0v) is 9.49. The van der Waals surface area contributed by atoms with E-state index in [4.69, 9.17) is 0 Å². The van der Waals surface area contributed by atoms with Gasteiger partial charge in [0.05, 0.1) is 0 Å². The molecule has 0 radical (unpaired) electrons. The number of carbonyl (C=O) groups is 1. The Hall–Kier alpha value is -1.11. The summed E-state index contributed by atoms with van der Waals surface area (Å²) in [5.74, 6) is 1.15. The van der Waals surface area contributed by atoms with E-state index in [-0.39, 0.29) is 0 Å². The summed E-state index contributed by atoms with van der Waals surface area (Å²) in [5.41, 5.74) is 4.32. The Bertz CT molecular complexity index is 368. The van der Waals surface area contributed by atoms with Gasteiger partial charge in [-0.3, -0.25) is 0 Å². The Balaban J connectivity index is 2.23. The lowest BCUT2D eigenvalue weighted by Gasteiger charge is -2.10. The molecular formula is C14H18O. The number of fused-ring (bicyclic) bond motifs is 1. The van der Waals surface area contributed by atoms with Gasteiger partial charge in [0.2, 0.25) is 0 Å². The van der Waals surface area contributed by atoms with Gasteiger partial charge in [-0.2, -0.15) is 0 Å². The van der Waals surface area contributed by atoms with Crippen molar-refractivity contribution in [2.45, 2.75) is 39.0 Å². The maximum Gasteiger partial charge on any atom is 0.120 e. The second-order valence-corrected chi connectivity index (χ2v) is 4.84. The molecule has 0 heterocycles. The van der Waals surface area contributed by atoms with Gasteiger partial charge in [-0.15, -0.1) is 0 Å². The molecule has 0 aromatic heterocycles. The summed E-state index contributed by atoms with van der Waals surface area (Å²) < 4.78 is 0. The van der Waals surface area contributed by atoms with E-state index in [9.17, 15) is 4.79 Å². The third-order valence-electron chi connectivity index (χ3n) is 3.39. The van der Waals surface area contributed by atoms with E-state index in [1.807, 2.05) is 0 Å². The van der Waals surface area contributed by atoms with Crippen LogP contribution in [0.5, 0.6) is 0 Å². The first-order valence-corrected chi connectivity index (χ1v) is 5.76. The average molecular weight is 202 g/mol. The minimum Gasteiger partial charge on any atom is -0.303 e. The first kappa shape index (κ1) is 10.4. The number of carbonyl (C=O) groups excluding carboxylic acids is 1. The van der Waals surface area contributed by atoms with Gasteiger partial charge in [-0.05, 0) is 41.4 Å². The highest BCUT2D eigenvalue weighted by Crippen LogP contribution is 2.29. The molecule has 15 heavy (non-hydrogen) atoms. The molecule has 0 bridgehead atoms. The molecule has 1 heteroatoms. The van der Waals surface area contributed by atoms with Crippen LogP contribution >= 0.6 is 0 Å². The Morgan fingerprint density at radius 2 is 2.13 bits per heavy atom. The van der Waals surface area contributed by atoms with Crippen molar-refractivity contribution in [2.75, 3.05) is 0 Å². The molecule has 2 unspecified atom stereocenters. The van der Waals surface area contributed by atoms with E-state index in [2.05, 4.69) is 32.0 Å². The lowest BCUT2D eigenvalue weighted by Crippen LogP contribution is -1.96. The fourth-order valence-corrected chi connectivity index (χ4v) is 2.44. The van der Waals surface area contributed by atoms with Crippen LogP contribution in [0.2, 0.25) is 0 Å². The smallest absolute Gasteiger partial charge is 0.120 e. The molecule has 2 atom stereocenters. The van der Waals surface area contributed by atoms with Gasteiger partial charge < -0.3 is 4.79 Å². The molecule has 0 amide bonds. The predicted octanol–water partition coefficient (Wildman–Crippen LogP) is 3.11. The van der Waals surface area contributed by atoms with Gasteiger partial charge in [0, 0.05) is 6.42 Å². The van der Waals surface area contributed by atoms with Gasteiger partial charge in [0.1, 0.15) is 6.29 Å². The van der Waals surface area contributed by atoms with Crippen molar-refractivity contribution < 1.29 is 4.79 Å². The Morgan fingerprint density at radius 1 is 1.40 bits per heavy atom. The first-order valence-electron chi connectivity index (χ1n) is 5.76. The molecule has 1 aliphatic rings. The van der Waals surface area contributed by atoms with E-state index in [0.29, 0.717) is 12.3 Å². The van der Waals surface area contributed by atoms with Crippen LogP contribution in [0.25, 0.3) is 0 Å². The highest BCUT2D eigenvalue weighted by atomic mass is 16.1. The van der Waals surface area contributed by atoms with E-state index in [1.165, 1.54) is 29.5 Å². The number of benzene rings is 1. The van der Waals surface area contributed by atoms with Crippen molar-refractivity contribution in [1.82, 2.24) is 0 Å². The fourth-order valence-electron chi connectivity index (χ4n) is 2.44. The third-order valence-corrected chi connectivity index (χ3v) is 3.39. The molecule has 80 valence electrons. The van der Waals surface area contributed by atoms with Crippen molar-refractivity contribution in [1.29, 1.82) is 0 Å². The summed E-state index contributed by atoms with van der Waals surface area (Å²) in [6.45, 7) is 4.42. The zero-order chi connectivity index (χ0) is 10.8. The molecular weight excluding hydrogens is 184 g/mol. The summed E-state index contributed by atoms with van der Waals surface area (Å²) in [6.07, 6.45) is 4.07. The molecule has 2 rings (SSSR count). The quantitative estimate of drug-likeness (QED) is 0.688. The van der Waals surface area contributed by atoms with Crippen LogP contribution in [0, 0.1) is 5.92 Å². The summed E-state index contributed by atoms with van der Waals surface area (Å²) in [6, 6.07) is 6.73. The van der Waals surface area contributed by atoms with Crippen molar-refractivity contribution in [3.05, 3.63) is 34.9 Å². The highest BCUT2D eigenvalue weighted by Gasteiger charge is 2.18. The minimum absolute atomic E-state index is 0.365. The molecule has 0 aliphatic heterocycles. The van der Waals surface area contributed by atoms with E-state index < -0.39 is 0 Å². The van der Waals surface area contributed by atoms with Crippen molar-refractivity contribution in [3.8, 4) is 0 Å². The maximum absolute atomic E-state index is 10.5. The number of hydrogen-bond donors (Lipinski definition) is 0. The van der Waals surface area contributed by atoms with Gasteiger partial charge >= 0.3 is 0 Å². The molecule has 1 nitrogen and oxygen atoms in total. The molecule has 0 N–H and O–H groups in total. The largest absolute Gasteiger partial charge is 0.303 e. The highest BCUT2D eigenvalue weighted by molar-refractivity contribution is 5.52. The second kappa shape index (κ2) is 4.18. The topological polar surface area (TPSA) is 17.1 Å². The van der Waals surface area contributed by atoms with Crippen LogP contribution < -0.4 is 0 Å². The van der Waals surface area contributed by atoms with Crippen molar-refractivity contribution >= 4 is 6.29 Å². The van der Waals surface area contributed by atoms with E-state index in [0.717, 1.165) is 12.2 Å². The van der Waals surface area contributed by atoms with Crippen LogP contribution in [0.4, 0.5) is 0 Å². The Morgan fingerprint density at radius 3 is 2.87 bits per heavy atom.